The average molecular weight is 324 g/mol. The number of carbonyl (C=O) groups is 1. The highest BCUT2D eigenvalue weighted by atomic mass is 79.9. The maximum Gasteiger partial charge on any atom is 0.360 e. The summed E-state index contributed by atoms with van der Waals surface area (Å²) in [7, 11) is 0. The van der Waals surface area contributed by atoms with E-state index in [0.29, 0.717) is 18.8 Å². The van der Waals surface area contributed by atoms with Crippen molar-refractivity contribution in [1.82, 2.24) is 15.0 Å². The van der Waals surface area contributed by atoms with Crippen LogP contribution in [0.2, 0.25) is 0 Å². The lowest BCUT2D eigenvalue weighted by molar-refractivity contribution is 0.0518. The molecule has 0 saturated carbocycles. The molecule has 0 aliphatic rings. The van der Waals surface area contributed by atoms with Gasteiger partial charge < -0.3 is 4.74 Å². The molecule has 0 aliphatic carbocycles. The van der Waals surface area contributed by atoms with Crippen LogP contribution in [-0.2, 0) is 11.3 Å². The van der Waals surface area contributed by atoms with Gasteiger partial charge in [-0.1, -0.05) is 33.3 Å². The summed E-state index contributed by atoms with van der Waals surface area (Å²) < 4.78 is 7.64. The minimum Gasteiger partial charge on any atom is -0.461 e. The zero-order valence-electron chi connectivity index (χ0n) is 10.8. The van der Waals surface area contributed by atoms with E-state index >= 15 is 0 Å². The fourth-order valence-corrected chi connectivity index (χ4v) is 1.93. The van der Waals surface area contributed by atoms with Crippen molar-refractivity contribution in [2.45, 2.75) is 20.4 Å². The van der Waals surface area contributed by atoms with Crippen LogP contribution in [0.3, 0.4) is 0 Å². The normalized spacial score (nSPS) is 10.5. The summed E-state index contributed by atoms with van der Waals surface area (Å²) in [6, 6.07) is 7.92. The standard InChI is InChI=1S/C13H14BrN3O2/c1-3-19-13(18)12-9(2)17(16-15-12)8-10-4-6-11(14)7-5-10/h4-7H,3,8H2,1-2H3. The molecule has 0 N–H and O–H groups in total. The largest absolute Gasteiger partial charge is 0.461 e. The highest BCUT2D eigenvalue weighted by Crippen LogP contribution is 2.13. The predicted octanol–water partition coefficient (Wildman–Crippen LogP) is 2.57. The maximum atomic E-state index is 11.6. The van der Waals surface area contributed by atoms with Gasteiger partial charge in [0.15, 0.2) is 5.69 Å². The number of nitrogens with zero attached hydrogens (tertiary/aromatic N) is 3. The van der Waals surface area contributed by atoms with Gasteiger partial charge in [-0.2, -0.15) is 0 Å². The molecule has 0 amide bonds. The van der Waals surface area contributed by atoms with Crippen molar-refractivity contribution < 1.29 is 9.53 Å². The molecular weight excluding hydrogens is 310 g/mol. The number of halogens is 1. The summed E-state index contributed by atoms with van der Waals surface area (Å²) in [6.45, 7) is 4.48. The lowest BCUT2D eigenvalue weighted by Crippen LogP contribution is -2.08. The monoisotopic (exact) mass is 323 g/mol. The van der Waals surface area contributed by atoms with E-state index in [4.69, 9.17) is 4.74 Å². The Labute approximate surface area is 119 Å². The molecule has 2 rings (SSSR count). The average Bonchev–Trinajstić information content (AvgIpc) is 2.74. The number of esters is 1. The van der Waals surface area contributed by atoms with Crippen LogP contribution in [0.1, 0.15) is 28.7 Å². The van der Waals surface area contributed by atoms with E-state index in [9.17, 15) is 4.79 Å². The Hall–Kier alpha value is -1.69. The summed E-state index contributed by atoms with van der Waals surface area (Å²) in [4.78, 5) is 11.6. The van der Waals surface area contributed by atoms with E-state index in [1.165, 1.54) is 0 Å². The van der Waals surface area contributed by atoms with Crippen LogP contribution < -0.4 is 0 Å². The molecule has 0 unspecified atom stereocenters. The molecule has 6 heteroatoms. The molecule has 5 nitrogen and oxygen atoms in total. The zero-order valence-corrected chi connectivity index (χ0v) is 12.3. The van der Waals surface area contributed by atoms with E-state index in [-0.39, 0.29) is 5.69 Å². The Morgan fingerprint density at radius 3 is 2.68 bits per heavy atom. The first-order chi connectivity index (χ1) is 9.11. The van der Waals surface area contributed by atoms with Crippen LogP contribution in [0.4, 0.5) is 0 Å². The first-order valence-electron chi connectivity index (χ1n) is 5.93. The lowest BCUT2D eigenvalue weighted by Gasteiger charge is -2.04. The molecule has 19 heavy (non-hydrogen) atoms. The van der Waals surface area contributed by atoms with Crippen molar-refractivity contribution >= 4 is 21.9 Å². The number of rotatable bonds is 4. The van der Waals surface area contributed by atoms with Crippen LogP contribution in [0, 0.1) is 6.92 Å². The maximum absolute atomic E-state index is 11.6. The number of benzene rings is 1. The zero-order chi connectivity index (χ0) is 13.8. The SMILES string of the molecule is CCOC(=O)c1nnn(Cc2ccc(Br)cc2)c1C. The third kappa shape index (κ3) is 3.20. The fraction of sp³-hybridized carbons (Fsp3) is 0.308. The van der Waals surface area contributed by atoms with E-state index in [0.717, 1.165) is 10.0 Å². The molecule has 0 radical (unpaired) electrons. The number of aromatic nitrogens is 3. The second-order valence-corrected chi connectivity index (χ2v) is 4.94. The van der Waals surface area contributed by atoms with E-state index in [1.807, 2.05) is 31.2 Å². The minimum atomic E-state index is -0.429. The van der Waals surface area contributed by atoms with Crippen molar-refractivity contribution in [2.75, 3.05) is 6.61 Å². The molecule has 0 spiro atoms. The van der Waals surface area contributed by atoms with Gasteiger partial charge in [0.1, 0.15) is 0 Å². The van der Waals surface area contributed by atoms with Gasteiger partial charge in [0.2, 0.25) is 0 Å². The van der Waals surface area contributed by atoms with Gasteiger partial charge in [0.05, 0.1) is 18.8 Å². The lowest BCUT2D eigenvalue weighted by atomic mass is 10.2. The van der Waals surface area contributed by atoms with Crippen LogP contribution in [0.15, 0.2) is 28.7 Å². The highest BCUT2D eigenvalue weighted by Gasteiger charge is 2.17. The minimum absolute atomic E-state index is 0.277. The molecule has 0 aliphatic heterocycles. The van der Waals surface area contributed by atoms with Crippen molar-refractivity contribution in [3.05, 3.63) is 45.7 Å². The van der Waals surface area contributed by atoms with Crippen molar-refractivity contribution in [3.63, 3.8) is 0 Å². The van der Waals surface area contributed by atoms with E-state index in [2.05, 4.69) is 26.2 Å². The summed E-state index contributed by atoms with van der Waals surface area (Å²) in [5.41, 5.74) is 2.08. The second kappa shape index (κ2) is 5.97. The molecule has 0 bridgehead atoms. The first kappa shape index (κ1) is 13.7. The summed E-state index contributed by atoms with van der Waals surface area (Å²) in [6.07, 6.45) is 0. The van der Waals surface area contributed by atoms with Crippen LogP contribution in [0.5, 0.6) is 0 Å². The Balaban J connectivity index is 2.18. The van der Waals surface area contributed by atoms with Crippen molar-refractivity contribution in [3.8, 4) is 0 Å². The Morgan fingerprint density at radius 2 is 2.05 bits per heavy atom. The Bertz CT molecular complexity index is 578. The van der Waals surface area contributed by atoms with Crippen molar-refractivity contribution in [2.24, 2.45) is 0 Å². The quantitative estimate of drug-likeness (QED) is 0.811. The van der Waals surface area contributed by atoms with Gasteiger partial charge >= 0.3 is 5.97 Å². The van der Waals surface area contributed by atoms with Gasteiger partial charge in [-0.3, -0.25) is 0 Å². The summed E-state index contributed by atoms with van der Waals surface area (Å²) >= 11 is 3.39. The molecule has 0 atom stereocenters. The molecule has 0 saturated heterocycles. The molecular formula is C13H14BrN3O2. The second-order valence-electron chi connectivity index (χ2n) is 4.03. The molecule has 0 fully saturated rings. The van der Waals surface area contributed by atoms with Crippen LogP contribution in [-0.4, -0.2) is 27.6 Å². The first-order valence-corrected chi connectivity index (χ1v) is 6.72. The fourth-order valence-electron chi connectivity index (χ4n) is 1.66. The van der Waals surface area contributed by atoms with Gasteiger partial charge in [-0.25, -0.2) is 9.48 Å². The van der Waals surface area contributed by atoms with Gasteiger partial charge in [-0.05, 0) is 31.5 Å². The molecule has 1 aromatic heterocycles. The molecule has 1 heterocycles. The number of hydrogen-bond donors (Lipinski definition) is 0. The predicted molar refractivity (Wildman–Crippen MR) is 74.0 cm³/mol. The van der Waals surface area contributed by atoms with E-state index < -0.39 is 5.97 Å². The number of hydrogen-bond acceptors (Lipinski definition) is 4. The molecule has 100 valence electrons. The van der Waals surface area contributed by atoms with Crippen LogP contribution in [0.25, 0.3) is 0 Å². The Kier molecular flexibility index (Phi) is 4.31. The van der Waals surface area contributed by atoms with Crippen LogP contribution >= 0.6 is 15.9 Å². The van der Waals surface area contributed by atoms with Gasteiger partial charge in [0.25, 0.3) is 0 Å². The topological polar surface area (TPSA) is 57.0 Å². The number of ether oxygens (including phenoxy) is 1. The highest BCUT2D eigenvalue weighted by molar-refractivity contribution is 9.10. The van der Waals surface area contributed by atoms with E-state index in [1.54, 1.807) is 11.6 Å². The van der Waals surface area contributed by atoms with Gasteiger partial charge in [-0.15, -0.1) is 5.10 Å². The Morgan fingerprint density at radius 1 is 1.37 bits per heavy atom. The van der Waals surface area contributed by atoms with Crippen molar-refractivity contribution in [1.29, 1.82) is 0 Å². The number of carbonyl (C=O) groups excluding carboxylic acids is 1. The third-order valence-corrected chi connectivity index (χ3v) is 3.23. The summed E-state index contributed by atoms with van der Waals surface area (Å²) in [5, 5.41) is 7.87. The third-order valence-electron chi connectivity index (χ3n) is 2.70. The molecule has 1 aromatic carbocycles. The van der Waals surface area contributed by atoms with Gasteiger partial charge in [0, 0.05) is 4.47 Å². The summed E-state index contributed by atoms with van der Waals surface area (Å²) in [5.74, 6) is -0.429. The molecule has 2 aromatic rings. The smallest absolute Gasteiger partial charge is 0.360 e.